The van der Waals surface area contributed by atoms with Gasteiger partial charge in [-0.25, -0.2) is 0 Å². The van der Waals surface area contributed by atoms with Crippen LogP contribution in [0.1, 0.15) is 45.6 Å². The number of nitrogens with one attached hydrogen (secondary N) is 1. The summed E-state index contributed by atoms with van der Waals surface area (Å²) >= 11 is 0. The van der Waals surface area contributed by atoms with Crippen LogP contribution in [0.3, 0.4) is 0 Å². The van der Waals surface area contributed by atoms with E-state index >= 15 is 0 Å². The lowest BCUT2D eigenvalue weighted by Gasteiger charge is -2.15. The van der Waals surface area contributed by atoms with Crippen LogP contribution in [0, 0.1) is 5.92 Å². The lowest BCUT2D eigenvalue weighted by Crippen LogP contribution is -2.39. The van der Waals surface area contributed by atoms with Crippen molar-refractivity contribution in [3.8, 4) is 0 Å². The molecule has 0 aliphatic rings. The Labute approximate surface area is 146 Å². The highest BCUT2D eigenvalue weighted by molar-refractivity contribution is 5.78. The summed E-state index contributed by atoms with van der Waals surface area (Å²) in [5.74, 6) is 1.11. The number of benzene rings is 1. The maximum atomic E-state index is 9.90. The average Bonchev–Trinajstić information content (AvgIpc) is 2.53. The van der Waals surface area contributed by atoms with E-state index in [9.17, 15) is 5.11 Å². The first-order valence-corrected chi connectivity index (χ1v) is 8.83. The van der Waals surface area contributed by atoms with Gasteiger partial charge in [0.1, 0.15) is 0 Å². The number of nitrogens with two attached hydrogens (primary N) is 1. The molecule has 0 aromatic heterocycles. The highest BCUT2D eigenvalue weighted by Gasteiger charge is 2.06. The van der Waals surface area contributed by atoms with Crippen molar-refractivity contribution in [1.82, 2.24) is 5.32 Å². The lowest BCUT2D eigenvalue weighted by molar-refractivity contribution is 0.0331. The Hall–Kier alpha value is -1.59. The summed E-state index contributed by atoms with van der Waals surface area (Å²) in [7, 11) is 0. The summed E-state index contributed by atoms with van der Waals surface area (Å²) in [4.78, 5) is 4.19. The molecule has 0 saturated heterocycles. The van der Waals surface area contributed by atoms with Crippen molar-refractivity contribution < 1.29 is 9.84 Å². The molecule has 136 valence electrons. The summed E-state index contributed by atoms with van der Waals surface area (Å²) in [5, 5.41) is 13.1. The SMILES string of the molecule is CC(C)CCCC(C)NC(N)=NCC(O)COCc1ccccc1. The summed E-state index contributed by atoms with van der Waals surface area (Å²) in [6, 6.07) is 10.2. The molecule has 0 aliphatic heterocycles. The highest BCUT2D eigenvalue weighted by Crippen LogP contribution is 2.08. The standard InChI is InChI=1S/C19H33N3O2/c1-15(2)8-7-9-16(3)22-19(20)21-12-18(23)14-24-13-17-10-5-4-6-11-17/h4-6,10-11,15-16,18,23H,7-9,12-14H2,1-3H3,(H3,20,21,22). The Morgan fingerprint density at radius 1 is 1.21 bits per heavy atom. The van der Waals surface area contributed by atoms with Crippen LogP contribution in [0.2, 0.25) is 0 Å². The molecule has 1 aromatic rings. The van der Waals surface area contributed by atoms with Gasteiger partial charge in [0.25, 0.3) is 0 Å². The number of aliphatic imine (C=N–C) groups is 1. The van der Waals surface area contributed by atoms with Crippen molar-refractivity contribution in [3.63, 3.8) is 0 Å². The molecule has 2 unspecified atom stereocenters. The van der Waals surface area contributed by atoms with Crippen LogP contribution >= 0.6 is 0 Å². The first-order valence-electron chi connectivity index (χ1n) is 8.83. The van der Waals surface area contributed by atoms with Crippen molar-refractivity contribution in [1.29, 1.82) is 0 Å². The zero-order valence-electron chi connectivity index (χ0n) is 15.2. The second-order valence-electron chi connectivity index (χ2n) is 6.75. The maximum Gasteiger partial charge on any atom is 0.188 e. The van der Waals surface area contributed by atoms with Crippen molar-refractivity contribution in [2.24, 2.45) is 16.6 Å². The van der Waals surface area contributed by atoms with E-state index < -0.39 is 6.10 Å². The van der Waals surface area contributed by atoms with Gasteiger partial charge in [0.15, 0.2) is 5.96 Å². The Bertz CT molecular complexity index is 463. The van der Waals surface area contributed by atoms with Crippen LogP contribution in [0.25, 0.3) is 0 Å². The van der Waals surface area contributed by atoms with Gasteiger partial charge in [-0.1, -0.05) is 57.0 Å². The van der Waals surface area contributed by atoms with Crippen molar-refractivity contribution in [3.05, 3.63) is 35.9 Å². The zero-order chi connectivity index (χ0) is 17.8. The molecule has 0 spiro atoms. The van der Waals surface area contributed by atoms with Gasteiger partial charge in [-0.15, -0.1) is 0 Å². The fraction of sp³-hybridized carbons (Fsp3) is 0.632. The monoisotopic (exact) mass is 335 g/mol. The Morgan fingerprint density at radius 3 is 2.58 bits per heavy atom. The molecule has 0 radical (unpaired) electrons. The molecule has 24 heavy (non-hydrogen) atoms. The van der Waals surface area contributed by atoms with E-state index in [4.69, 9.17) is 10.5 Å². The molecule has 5 nitrogen and oxygen atoms in total. The van der Waals surface area contributed by atoms with Gasteiger partial charge in [-0.3, -0.25) is 4.99 Å². The number of hydrogen-bond donors (Lipinski definition) is 3. The van der Waals surface area contributed by atoms with E-state index in [1.165, 1.54) is 12.8 Å². The quantitative estimate of drug-likeness (QED) is 0.429. The van der Waals surface area contributed by atoms with E-state index in [-0.39, 0.29) is 13.2 Å². The van der Waals surface area contributed by atoms with Crippen LogP contribution in [0.15, 0.2) is 35.3 Å². The van der Waals surface area contributed by atoms with E-state index in [2.05, 4.69) is 31.1 Å². The second-order valence-corrected chi connectivity index (χ2v) is 6.75. The van der Waals surface area contributed by atoms with Crippen LogP contribution in [0.4, 0.5) is 0 Å². The number of ether oxygens (including phenoxy) is 1. The van der Waals surface area contributed by atoms with E-state index in [1.807, 2.05) is 30.3 Å². The molecule has 4 N–H and O–H groups in total. The third kappa shape index (κ3) is 10.2. The fourth-order valence-corrected chi connectivity index (χ4v) is 2.35. The molecule has 2 atom stereocenters. The molecule has 0 aliphatic carbocycles. The van der Waals surface area contributed by atoms with Crippen LogP contribution in [0.5, 0.6) is 0 Å². The number of aliphatic hydroxyl groups excluding tert-OH is 1. The third-order valence-electron chi connectivity index (χ3n) is 3.71. The van der Waals surface area contributed by atoms with Gasteiger partial charge in [0, 0.05) is 6.04 Å². The molecule has 5 heteroatoms. The Balaban J connectivity index is 2.16. The molecule has 1 rings (SSSR count). The molecule has 0 saturated carbocycles. The second kappa shape index (κ2) is 11.9. The summed E-state index contributed by atoms with van der Waals surface area (Å²) in [5.41, 5.74) is 6.95. The average molecular weight is 335 g/mol. The van der Waals surface area contributed by atoms with Gasteiger partial charge < -0.3 is 20.9 Å². The van der Waals surface area contributed by atoms with E-state index in [0.29, 0.717) is 18.6 Å². The minimum absolute atomic E-state index is 0.242. The highest BCUT2D eigenvalue weighted by atomic mass is 16.5. The molecule has 0 heterocycles. The first-order chi connectivity index (χ1) is 11.5. The number of hydrogen-bond acceptors (Lipinski definition) is 3. The summed E-state index contributed by atoms with van der Waals surface area (Å²) in [6.07, 6.45) is 2.82. The largest absolute Gasteiger partial charge is 0.389 e. The smallest absolute Gasteiger partial charge is 0.188 e. The number of guanidine groups is 1. The predicted molar refractivity (Wildman–Crippen MR) is 99.9 cm³/mol. The maximum absolute atomic E-state index is 9.90. The van der Waals surface area contributed by atoms with Gasteiger partial charge >= 0.3 is 0 Å². The van der Waals surface area contributed by atoms with Crippen LogP contribution in [-0.2, 0) is 11.3 Å². The zero-order valence-corrected chi connectivity index (χ0v) is 15.2. The predicted octanol–water partition coefficient (Wildman–Crippen LogP) is 2.68. The molecule has 1 aromatic carbocycles. The van der Waals surface area contributed by atoms with E-state index in [1.54, 1.807) is 0 Å². The van der Waals surface area contributed by atoms with Gasteiger partial charge in [-0.05, 0) is 24.8 Å². The molecule has 0 bridgehead atoms. The number of aliphatic hydroxyl groups is 1. The van der Waals surface area contributed by atoms with Crippen LogP contribution < -0.4 is 11.1 Å². The summed E-state index contributed by atoms with van der Waals surface area (Å²) in [6.45, 7) is 7.54. The van der Waals surface area contributed by atoms with E-state index in [0.717, 1.165) is 17.9 Å². The number of rotatable bonds is 11. The van der Waals surface area contributed by atoms with Crippen LogP contribution in [-0.4, -0.2) is 36.4 Å². The van der Waals surface area contributed by atoms with Crippen molar-refractivity contribution in [2.45, 2.75) is 58.8 Å². The normalized spacial score (nSPS) is 14.6. The number of nitrogens with zero attached hydrogens (tertiary/aromatic N) is 1. The van der Waals surface area contributed by atoms with Crippen molar-refractivity contribution in [2.75, 3.05) is 13.2 Å². The van der Waals surface area contributed by atoms with Gasteiger partial charge in [0.2, 0.25) is 0 Å². The lowest BCUT2D eigenvalue weighted by atomic mass is 10.0. The fourth-order valence-electron chi connectivity index (χ4n) is 2.35. The third-order valence-corrected chi connectivity index (χ3v) is 3.71. The molecule has 0 fully saturated rings. The summed E-state index contributed by atoms with van der Waals surface area (Å²) < 4.78 is 5.49. The van der Waals surface area contributed by atoms with Gasteiger partial charge in [-0.2, -0.15) is 0 Å². The minimum atomic E-state index is -0.648. The Kier molecular flexibility index (Phi) is 10.1. The molecule has 0 amide bonds. The molecular weight excluding hydrogens is 302 g/mol. The minimum Gasteiger partial charge on any atom is -0.389 e. The molecular formula is C19H33N3O2. The Morgan fingerprint density at radius 2 is 1.92 bits per heavy atom. The van der Waals surface area contributed by atoms with Crippen molar-refractivity contribution >= 4 is 5.96 Å². The van der Waals surface area contributed by atoms with Gasteiger partial charge in [0.05, 0.1) is 25.9 Å². The topological polar surface area (TPSA) is 79.9 Å². The first kappa shape index (κ1) is 20.5.